The Bertz CT molecular complexity index is 601. The molecule has 4 rings (SSSR count). The smallest absolute Gasteiger partial charge is 0.233 e. The summed E-state index contributed by atoms with van der Waals surface area (Å²) in [6.07, 6.45) is 7.76. The predicted octanol–water partition coefficient (Wildman–Crippen LogP) is 3.93. The minimum absolute atomic E-state index is 0. The highest BCUT2D eigenvalue weighted by atomic mass is 35.5. The van der Waals surface area contributed by atoms with Gasteiger partial charge in [0.2, 0.25) is 5.91 Å². The zero-order valence-electron chi connectivity index (χ0n) is 14.0. The molecule has 3 nitrogen and oxygen atoms in total. The molecule has 2 bridgehead atoms. The van der Waals surface area contributed by atoms with Crippen molar-refractivity contribution >= 4 is 29.9 Å². The van der Waals surface area contributed by atoms with Crippen LogP contribution in [0.5, 0.6) is 0 Å². The summed E-state index contributed by atoms with van der Waals surface area (Å²) in [6.45, 7) is 1.77. The number of hydrogen-bond donors (Lipinski definition) is 1. The highest BCUT2D eigenvalue weighted by Gasteiger charge is 2.46. The van der Waals surface area contributed by atoms with Gasteiger partial charge in [0, 0.05) is 30.2 Å². The van der Waals surface area contributed by atoms with Crippen molar-refractivity contribution in [2.75, 3.05) is 13.1 Å². The molecule has 1 aromatic rings. The standard InChI is InChI=1S/C19H25ClN2O.ClH/c20-15-5-3-4-14(12-15)19(9-1-2-10-19)18(23)22-11-8-16-6-7-17(13-22)21-16;/h3-5,12,16-17,21H,1-2,6-11,13H2;1H. The van der Waals surface area contributed by atoms with Crippen LogP contribution in [0.3, 0.4) is 0 Å². The molecular weight excluding hydrogens is 343 g/mol. The van der Waals surface area contributed by atoms with Crippen molar-refractivity contribution in [3.63, 3.8) is 0 Å². The van der Waals surface area contributed by atoms with E-state index >= 15 is 0 Å². The lowest BCUT2D eigenvalue weighted by Crippen LogP contribution is -2.48. The summed E-state index contributed by atoms with van der Waals surface area (Å²) >= 11 is 6.22. The Balaban J connectivity index is 0.00000169. The molecular formula is C19H26Cl2N2O. The van der Waals surface area contributed by atoms with Crippen molar-refractivity contribution in [2.24, 2.45) is 0 Å². The van der Waals surface area contributed by atoms with E-state index in [1.807, 2.05) is 18.2 Å². The molecule has 1 N–H and O–H groups in total. The number of carbonyl (C=O) groups excluding carboxylic acids is 1. The van der Waals surface area contributed by atoms with Gasteiger partial charge in [-0.25, -0.2) is 0 Å². The highest BCUT2D eigenvalue weighted by Crippen LogP contribution is 2.43. The van der Waals surface area contributed by atoms with Gasteiger partial charge in [-0.3, -0.25) is 4.79 Å². The van der Waals surface area contributed by atoms with Gasteiger partial charge in [-0.1, -0.05) is 36.6 Å². The van der Waals surface area contributed by atoms with Crippen LogP contribution in [0.4, 0.5) is 0 Å². The van der Waals surface area contributed by atoms with Gasteiger partial charge in [0.25, 0.3) is 0 Å². The number of hydrogen-bond acceptors (Lipinski definition) is 2. The fraction of sp³-hybridized carbons (Fsp3) is 0.632. The molecule has 5 heteroatoms. The first kappa shape index (κ1) is 18.0. The van der Waals surface area contributed by atoms with E-state index in [0.29, 0.717) is 18.0 Å². The summed E-state index contributed by atoms with van der Waals surface area (Å²) in [5.41, 5.74) is 0.781. The van der Waals surface area contributed by atoms with Crippen LogP contribution >= 0.6 is 24.0 Å². The summed E-state index contributed by atoms with van der Waals surface area (Å²) in [6, 6.07) is 9.08. The Hall–Kier alpha value is -0.770. The average Bonchev–Trinajstić information content (AvgIpc) is 3.14. The molecule has 1 aliphatic carbocycles. The van der Waals surface area contributed by atoms with E-state index in [1.54, 1.807) is 0 Å². The molecule has 1 amide bonds. The normalized spacial score (nSPS) is 28.3. The number of carbonyl (C=O) groups is 1. The fourth-order valence-corrected chi connectivity index (χ4v) is 5.01. The Labute approximate surface area is 155 Å². The van der Waals surface area contributed by atoms with Crippen molar-refractivity contribution in [1.82, 2.24) is 10.2 Å². The molecule has 2 atom stereocenters. The first-order valence-corrected chi connectivity index (χ1v) is 9.37. The largest absolute Gasteiger partial charge is 0.340 e. The van der Waals surface area contributed by atoms with Crippen molar-refractivity contribution in [3.05, 3.63) is 34.9 Å². The highest BCUT2D eigenvalue weighted by molar-refractivity contribution is 6.30. The van der Waals surface area contributed by atoms with E-state index in [2.05, 4.69) is 16.3 Å². The monoisotopic (exact) mass is 368 g/mol. The molecule has 24 heavy (non-hydrogen) atoms. The Kier molecular flexibility index (Phi) is 5.43. The Morgan fingerprint density at radius 1 is 1.17 bits per heavy atom. The lowest BCUT2D eigenvalue weighted by Gasteiger charge is -2.35. The number of amides is 1. The maximum atomic E-state index is 13.5. The number of nitrogens with one attached hydrogen (secondary N) is 1. The molecule has 1 aromatic carbocycles. The SMILES string of the molecule is Cl.O=C(N1CCC2CCC(C1)N2)C1(c2cccc(Cl)c2)CCCC1. The first-order chi connectivity index (χ1) is 11.2. The van der Waals surface area contributed by atoms with Gasteiger partial charge in [-0.05, 0) is 49.8 Å². The van der Waals surface area contributed by atoms with Crippen LogP contribution in [0.2, 0.25) is 5.02 Å². The van der Waals surface area contributed by atoms with Crippen LogP contribution in [0.15, 0.2) is 24.3 Å². The number of halogens is 2. The fourth-order valence-electron chi connectivity index (χ4n) is 4.82. The lowest BCUT2D eigenvalue weighted by atomic mass is 9.77. The van der Waals surface area contributed by atoms with Crippen LogP contribution < -0.4 is 5.32 Å². The predicted molar refractivity (Wildman–Crippen MR) is 100.0 cm³/mol. The average molecular weight is 369 g/mol. The van der Waals surface area contributed by atoms with E-state index < -0.39 is 0 Å². The molecule has 132 valence electrons. The maximum absolute atomic E-state index is 13.5. The van der Waals surface area contributed by atoms with Gasteiger partial charge < -0.3 is 10.2 Å². The number of rotatable bonds is 2. The summed E-state index contributed by atoms with van der Waals surface area (Å²) < 4.78 is 0. The van der Waals surface area contributed by atoms with E-state index in [-0.39, 0.29) is 17.8 Å². The minimum Gasteiger partial charge on any atom is -0.340 e. The van der Waals surface area contributed by atoms with Crippen molar-refractivity contribution < 1.29 is 4.79 Å². The van der Waals surface area contributed by atoms with E-state index in [9.17, 15) is 4.79 Å². The molecule has 3 aliphatic rings. The summed E-state index contributed by atoms with van der Waals surface area (Å²) in [5.74, 6) is 0.339. The summed E-state index contributed by atoms with van der Waals surface area (Å²) in [7, 11) is 0. The maximum Gasteiger partial charge on any atom is 0.233 e. The zero-order chi connectivity index (χ0) is 15.9. The van der Waals surface area contributed by atoms with Crippen molar-refractivity contribution in [3.8, 4) is 0 Å². The minimum atomic E-state index is -0.339. The number of likely N-dealkylation sites (tertiary alicyclic amines) is 1. The Morgan fingerprint density at radius 3 is 2.67 bits per heavy atom. The molecule has 2 unspecified atom stereocenters. The molecule has 0 aromatic heterocycles. The molecule has 1 saturated carbocycles. The molecule has 0 spiro atoms. The molecule has 2 heterocycles. The van der Waals surface area contributed by atoms with Gasteiger partial charge in [-0.15, -0.1) is 12.4 Å². The van der Waals surface area contributed by atoms with E-state index in [1.165, 1.54) is 12.8 Å². The zero-order valence-corrected chi connectivity index (χ0v) is 15.5. The molecule has 0 radical (unpaired) electrons. The topological polar surface area (TPSA) is 32.3 Å². The summed E-state index contributed by atoms with van der Waals surface area (Å²) in [4.78, 5) is 15.7. The molecule has 2 saturated heterocycles. The quantitative estimate of drug-likeness (QED) is 0.857. The number of fused-ring (bicyclic) bond motifs is 2. The van der Waals surface area contributed by atoms with Crippen LogP contribution in [-0.4, -0.2) is 36.0 Å². The first-order valence-electron chi connectivity index (χ1n) is 8.99. The van der Waals surface area contributed by atoms with Gasteiger partial charge in [0.05, 0.1) is 5.41 Å². The second kappa shape index (κ2) is 7.23. The van der Waals surface area contributed by atoms with Crippen molar-refractivity contribution in [2.45, 2.75) is 62.4 Å². The van der Waals surface area contributed by atoms with Gasteiger partial charge in [0.15, 0.2) is 0 Å². The van der Waals surface area contributed by atoms with E-state index in [0.717, 1.165) is 55.8 Å². The summed E-state index contributed by atoms with van der Waals surface area (Å²) in [5, 5.41) is 4.41. The Morgan fingerprint density at radius 2 is 1.92 bits per heavy atom. The second-order valence-electron chi connectivity index (χ2n) is 7.48. The second-order valence-corrected chi connectivity index (χ2v) is 7.91. The van der Waals surface area contributed by atoms with Gasteiger partial charge >= 0.3 is 0 Å². The third-order valence-electron chi connectivity index (χ3n) is 6.05. The van der Waals surface area contributed by atoms with E-state index in [4.69, 9.17) is 11.6 Å². The van der Waals surface area contributed by atoms with Crippen LogP contribution in [0.1, 0.15) is 50.5 Å². The number of benzene rings is 1. The third-order valence-corrected chi connectivity index (χ3v) is 6.29. The number of nitrogens with zero attached hydrogens (tertiary/aromatic N) is 1. The third kappa shape index (κ3) is 3.18. The molecule has 2 aliphatic heterocycles. The van der Waals surface area contributed by atoms with Gasteiger partial charge in [0.1, 0.15) is 0 Å². The van der Waals surface area contributed by atoms with Crippen LogP contribution in [-0.2, 0) is 10.2 Å². The van der Waals surface area contributed by atoms with Crippen LogP contribution in [0.25, 0.3) is 0 Å². The lowest BCUT2D eigenvalue weighted by molar-refractivity contribution is -0.137. The van der Waals surface area contributed by atoms with Gasteiger partial charge in [-0.2, -0.15) is 0 Å². The van der Waals surface area contributed by atoms with Crippen molar-refractivity contribution in [1.29, 1.82) is 0 Å². The molecule has 3 fully saturated rings. The van der Waals surface area contributed by atoms with Crippen LogP contribution in [0, 0.1) is 0 Å².